The second-order valence-electron chi connectivity index (χ2n) is 6.45. The Hall–Kier alpha value is -1.76. The summed E-state index contributed by atoms with van der Waals surface area (Å²) in [5, 5.41) is 0. The molecule has 1 nitrogen and oxygen atoms in total. The van der Waals surface area contributed by atoms with Gasteiger partial charge in [-0.25, -0.2) is 0 Å². The zero-order valence-electron chi connectivity index (χ0n) is 13.2. The summed E-state index contributed by atoms with van der Waals surface area (Å²) in [6, 6.07) is 17.8. The third-order valence-corrected chi connectivity index (χ3v) is 4.39. The molecule has 0 radical (unpaired) electrons. The van der Waals surface area contributed by atoms with E-state index in [1.807, 2.05) is 0 Å². The number of anilines is 2. The molecular weight excluding hydrogens is 254 g/mol. The van der Waals surface area contributed by atoms with Crippen molar-refractivity contribution >= 4 is 11.4 Å². The Morgan fingerprint density at radius 2 is 1.38 bits per heavy atom. The highest BCUT2D eigenvalue weighted by Crippen LogP contribution is 2.36. The second kappa shape index (κ2) is 6.34. The molecule has 0 saturated carbocycles. The van der Waals surface area contributed by atoms with Gasteiger partial charge in [-0.3, -0.25) is 0 Å². The largest absolute Gasteiger partial charge is 0.341 e. The van der Waals surface area contributed by atoms with Gasteiger partial charge >= 0.3 is 0 Å². The molecule has 0 atom stereocenters. The van der Waals surface area contributed by atoms with Gasteiger partial charge in [0.25, 0.3) is 0 Å². The SMILES string of the molecule is CC(C)CCCN1c2ccccc2CCc2ccccc21. The van der Waals surface area contributed by atoms with Crippen LogP contribution in [0.3, 0.4) is 0 Å². The van der Waals surface area contributed by atoms with Gasteiger partial charge in [-0.15, -0.1) is 0 Å². The Balaban J connectivity index is 1.95. The fourth-order valence-electron chi connectivity index (χ4n) is 3.27. The van der Waals surface area contributed by atoms with Crippen molar-refractivity contribution in [3.05, 3.63) is 59.7 Å². The molecular formula is C20H25N. The third-order valence-electron chi connectivity index (χ3n) is 4.39. The standard InChI is InChI=1S/C20H25N/c1-16(2)8-7-15-21-19-11-5-3-9-17(19)13-14-18-10-4-6-12-20(18)21/h3-6,9-12,16H,7-8,13-15H2,1-2H3. The smallest absolute Gasteiger partial charge is 0.0443 e. The van der Waals surface area contributed by atoms with Gasteiger partial charge in [0.2, 0.25) is 0 Å². The number of nitrogens with zero attached hydrogens (tertiary/aromatic N) is 1. The number of rotatable bonds is 4. The van der Waals surface area contributed by atoms with Crippen LogP contribution in [0.25, 0.3) is 0 Å². The molecule has 0 unspecified atom stereocenters. The lowest BCUT2D eigenvalue weighted by Crippen LogP contribution is -2.20. The minimum Gasteiger partial charge on any atom is -0.341 e. The summed E-state index contributed by atoms with van der Waals surface area (Å²) in [5.41, 5.74) is 5.79. The fourth-order valence-corrected chi connectivity index (χ4v) is 3.27. The minimum atomic E-state index is 0.780. The highest BCUT2D eigenvalue weighted by Gasteiger charge is 2.19. The van der Waals surface area contributed by atoms with Crippen molar-refractivity contribution in [2.24, 2.45) is 5.92 Å². The van der Waals surface area contributed by atoms with Crippen LogP contribution in [0.5, 0.6) is 0 Å². The van der Waals surface area contributed by atoms with Gasteiger partial charge in [0, 0.05) is 17.9 Å². The molecule has 2 aromatic carbocycles. The van der Waals surface area contributed by atoms with Crippen molar-refractivity contribution in [3.63, 3.8) is 0 Å². The second-order valence-corrected chi connectivity index (χ2v) is 6.45. The molecule has 0 N–H and O–H groups in total. The number of hydrogen-bond donors (Lipinski definition) is 0. The monoisotopic (exact) mass is 279 g/mol. The Morgan fingerprint density at radius 1 is 0.857 bits per heavy atom. The molecule has 0 aliphatic carbocycles. The molecule has 0 bridgehead atoms. The summed E-state index contributed by atoms with van der Waals surface area (Å²) in [7, 11) is 0. The van der Waals surface area contributed by atoms with Gasteiger partial charge < -0.3 is 4.90 Å². The lowest BCUT2D eigenvalue weighted by molar-refractivity contribution is 0.559. The van der Waals surface area contributed by atoms with Gasteiger partial charge in [-0.05, 0) is 54.9 Å². The number of hydrogen-bond acceptors (Lipinski definition) is 1. The third kappa shape index (κ3) is 3.12. The van der Waals surface area contributed by atoms with E-state index in [0.29, 0.717) is 0 Å². The van der Waals surface area contributed by atoms with E-state index in [2.05, 4.69) is 67.3 Å². The number of aryl methyl sites for hydroxylation is 2. The zero-order valence-corrected chi connectivity index (χ0v) is 13.2. The Kier molecular flexibility index (Phi) is 4.28. The minimum absolute atomic E-state index is 0.780. The molecule has 1 aliphatic rings. The van der Waals surface area contributed by atoms with Gasteiger partial charge in [-0.1, -0.05) is 50.2 Å². The van der Waals surface area contributed by atoms with Crippen molar-refractivity contribution in [1.82, 2.24) is 0 Å². The molecule has 110 valence electrons. The van der Waals surface area contributed by atoms with Crippen LogP contribution in [0.1, 0.15) is 37.8 Å². The van der Waals surface area contributed by atoms with Crippen molar-refractivity contribution in [1.29, 1.82) is 0 Å². The lowest BCUT2D eigenvalue weighted by Gasteiger charge is -2.27. The van der Waals surface area contributed by atoms with Crippen LogP contribution >= 0.6 is 0 Å². The maximum Gasteiger partial charge on any atom is 0.0443 e. The molecule has 0 amide bonds. The van der Waals surface area contributed by atoms with E-state index in [0.717, 1.165) is 25.3 Å². The van der Waals surface area contributed by atoms with Crippen LogP contribution in [0.15, 0.2) is 48.5 Å². The molecule has 3 rings (SSSR count). The van der Waals surface area contributed by atoms with Crippen LogP contribution in [0, 0.1) is 5.92 Å². The summed E-state index contributed by atoms with van der Waals surface area (Å²) in [4.78, 5) is 2.54. The number of benzene rings is 2. The van der Waals surface area contributed by atoms with E-state index in [1.54, 1.807) is 0 Å². The van der Waals surface area contributed by atoms with Crippen molar-refractivity contribution in [2.45, 2.75) is 39.5 Å². The molecule has 0 saturated heterocycles. The van der Waals surface area contributed by atoms with Gasteiger partial charge in [0.15, 0.2) is 0 Å². The molecule has 0 aromatic heterocycles. The van der Waals surface area contributed by atoms with Crippen molar-refractivity contribution in [3.8, 4) is 0 Å². The lowest BCUT2D eigenvalue weighted by atomic mass is 10.0. The molecule has 21 heavy (non-hydrogen) atoms. The summed E-state index contributed by atoms with van der Waals surface area (Å²) in [5.74, 6) is 0.780. The van der Waals surface area contributed by atoms with E-state index in [1.165, 1.54) is 35.3 Å². The van der Waals surface area contributed by atoms with E-state index in [-0.39, 0.29) is 0 Å². The molecule has 2 aromatic rings. The average molecular weight is 279 g/mol. The fraction of sp³-hybridized carbons (Fsp3) is 0.400. The summed E-state index contributed by atoms with van der Waals surface area (Å²) in [6.45, 7) is 5.74. The summed E-state index contributed by atoms with van der Waals surface area (Å²) >= 11 is 0. The highest BCUT2D eigenvalue weighted by atomic mass is 15.1. The summed E-state index contributed by atoms with van der Waals surface area (Å²) in [6.07, 6.45) is 4.84. The molecule has 0 fully saturated rings. The molecule has 1 heteroatoms. The normalized spacial score (nSPS) is 13.8. The van der Waals surface area contributed by atoms with Crippen LogP contribution in [0.4, 0.5) is 11.4 Å². The van der Waals surface area contributed by atoms with Gasteiger partial charge in [0.05, 0.1) is 0 Å². The Morgan fingerprint density at radius 3 is 1.90 bits per heavy atom. The van der Waals surface area contributed by atoms with E-state index < -0.39 is 0 Å². The van der Waals surface area contributed by atoms with Gasteiger partial charge in [0.1, 0.15) is 0 Å². The Bertz CT molecular complexity index is 553. The quantitative estimate of drug-likeness (QED) is 0.728. The Labute approximate surface area is 128 Å². The summed E-state index contributed by atoms with van der Waals surface area (Å²) < 4.78 is 0. The first-order chi connectivity index (χ1) is 10.3. The van der Waals surface area contributed by atoms with Crippen LogP contribution in [-0.4, -0.2) is 6.54 Å². The maximum atomic E-state index is 2.54. The maximum absolute atomic E-state index is 2.54. The highest BCUT2D eigenvalue weighted by molar-refractivity contribution is 5.71. The first kappa shape index (κ1) is 14.2. The van der Waals surface area contributed by atoms with Crippen LogP contribution in [-0.2, 0) is 12.8 Å². The zero-order chi connectivity index (χ0) is 14.7. The number of para-hydroxylation sites is 2. The topological polar surface area (TPSA) is 3.24 Å². The predicted molar refractivity (Wildman–Crippen MR) is 91.4 cm³/mol. The van der Waals surface area contributed by atoms with Crippen molar-refractivity contribution in [2.75, 3.05) is 11.4 Å². The number of fused-ring (bicyclic) bond motifs is 2. The molecule has 0 spiro atoms. The van der Waals surface area contributed by atoms with E-state index >= 15 is 0 Å². The van der Waals surface area contributed by atoms with Gasteiger partial charge in [-0.2, -0.15) is 0 Å². The van der Waals surface area contributed by atoms with E-state index in [4.69, 9.17) is 0 Å². The van der Waals surface area contributed by atoms with Crippen LogP contribution < -0.4 is 4.90 Å². The van der Waals surface area contributed by atoms with Crippen LogP contribution in [0.2, 0.25) is 0 Å². The first-order valence-electron chi connectivity index (χ1n) is 8.19. The predicted octanol–water partition coefficient (Wildman–Crippen LogP) is 5.36. The first-order valence-corrected chi connectivity index (χ1v) is 8.19. The average Bonchev–Trinajstić information content (AvgIpc) is 2.65. The molecule has 1 heterocycles. The van der Waals surface area contributed by atoms with E-state index in [9.17, 15) is 0 Å². The van der Waals surface area contributed by atoms with Crippen molar-refractivity contribution < 1.29 is 0 Å². The molecule has 1 aliphatic heterocycles.